The van der Waals surface area contributed by atoms with Crippen LogP contribution in [-0.4, -0.2) is 30.1 Å². The molecule has 0 radical (unpaired) electrons. The van der Waals surface area contributed by atoms with E-state index in [-0.39, 0.29) is 12.1 Å². The summed E-state index contributed by atoms with van der Waals surface area (Å²) in [6.07, 6.45) is 3.61. The van der Waals surface area contributed by atoms with Gasteiger partial charge in [0.05, 0.1) is 0 Å². The first-order valence-corrected chi connectivity index (χ1v) is 8.49. The van der Waals surface area contributed by atoms with Gasteiger partial charge in [-0.1, -0.05) is 23.7 Å². The number of hydrogen-bond donors (Lipinski definition) is 2. The molecule has 2 N–H and O–H groups in total. The van der Waals surface area contributed by atoms with Crippen molar-refractivity contribution in [2.24, 2.45) is 0 Å². The highest BCUT2D eigenvalue weighted by atomic mass is 35.5. The van der Waals surface area contributed by atoms with E-state index >= 15 is 0 Å². The third kappa shape index (κ3) is 4.17. The second-order valence-corrected chi connectivity index (χ2v) is 6.44. The van der Waals surface area contributed by atoms with Gasteiger partial charge in [-0.05, 0) is 49.6 Å². The van der Waals surface area contributed by atoms with Crippen molar-refractivity contribution in [2.75, 3.05) is 23.3 Å². The molecule has 0 aliphatic carbocycles. The highest BCUT2D eigenvalue weighted by Crippen LogP contribution is 2.21. The zero-order valence-corrected chi connectivity index (χ0v) is 14.4. The van der Waals surface area contributed by atoms with Crippen LogP contribution in [0, 0.1) is 6.92 Å². The summed E-state index contributed by atoms with van der Waals surface area (Å²) in [4.78, 5) is 18.8. The number of carbonyl (C=O) groups is 1. The van der Waals surface area contributed by atoms with E-state index in [1.807, 2.05) is 37.3 Å². The zero-order chi connectivity index (χ0) is 16.9. The molecule has 0 spiro atoms. The molecule has 1 aromatic carbocycles. The van der Waals surface area contributed by atoms with E-state index in [1.165, 1.54) is 0 Å². The van der Waals surface area contributed by atoms with Crippen LogP contribution in [0.1, 0.15) is 18.4 Å². The van der Waals surface area contributed by atoms with Gasteiger partial charge in [-0.3, -0.25) is 0 Å². The molecule has 2 heterocycles. The van der Waals surface area contributed by atoms with Gasteiger partial charge < -0.3 is 15.5 Å². The number of benzene rings is 1. The molecule has 0 unspecified atom stereocenters. The van der Waals surface area contributed by atoms with Crippen LogP contribution in [0.5, 0.6) is 0 Å². The molecule has 1 fully saturated rings. The molecular formula is C18H21ClN4O. The maximum Gasteiger partial charge on any atom is 0.319 e. The summed E-state index contributed by atoms with van der Waals surface area (Å²) in [6, 6.07) is 11.4. The van der Waals surface area contributed by atoms with Crippen LogP contribution in [0.25, 0.3) is 0 Å². The number of nitrogens with one attached hydrogen (secondary N) is 2. The fraction of sp³-hybridized carbons (Fsp3) is 0.333. The molecule has 5 nitrogen and oxygen atoms in total. The smallest absolute Gasteiger partial charge is 0.319 e. The van der Waals surface area contributed by atoms with Crippen molar-refractivity contribution >= 4 is 29.1 Å². The molecule has 1 aliphatic heterocycles. The molecular weight excluding hydrogens is 324 g/mol. The van der Waals surface area contributed by atoms with E-state index in [0.29, 0.717) is 5.02 Å². The molecule has 0 bridgehead atoms. The van der Waals surface area contributed by atoms with Gasteiger partial charge in [0.15, 0.2) is 0 Å². The Morgan fingerprint density at radius 2 is 2.04 bits per heavy atom. The SMILES string of the molecule is Cc1ccc(Cl)cc1NC(=O)NC1CCN(c2ccccn2)CC1. The number of aryl methyl sites for hydroxylation is 1. The van der Waals surface area contributed by atoms with E-state index in [2.05, 4.69) is 20.5 Å². The van der Waals surface area contributed by atoms with Gasteiger partial charge in [0.2, 0.25) is 0 Å². The number of pyridine rings is 1. The summed E-state index contributed by atoms with van der Waals surface area (Å²) >= 11 is 5.98. The molecule has 126 valence electrons. The van der Waals surface area contributed by atoms with Crippen LogP contribution in [0.4, 0.5) is 16.3 Å². The van der Waals surface area contributed by atoms with Crippen molar-refractivity contribution in [3.05, 3.63) is 53.2 Å². The van der Waals surface area contributed by atoms with Crippen LogP contribution in [0.2, 0.25) is 5.02 Å². The molecule has 6 heteroatoms. The van der Waals surface area contributed by atoms with E-state index in [4.69, 9.17) is 11.6 Å². The van der Waals surface area contributed by atoms with Gasteiger partial charge in [-0.2, -0.15) is 0 Å². The number of amides is 2. The van der Waals surface area contributed by atoms with E-state index in [0.717, 1.165) is 43.0 Å². The minimum atomic E-state index is -0.184. The third-order valence-corrected chi connectivity index (χ3v) is 4.49. The standard InChI is InChI=1S/C18H21ClN4O/c1-13-5-6-14(19)12-16(13)22-18(24)21-15-7-10-23(11-8-15)17-4-2-3-9-20-17/h2-6,9,12,15H,7-8,10-11H2,1H3,(H2,21,22,24). The highest BCUT2D eigenvalue weighted by molar-refractivity contribution is 6.31. The summed E-state index contributed by atoms with van der Waals surface area (Å²) < 4.78 is 0. The van der Waals surface area contributed by atoms with E-state index < -0.39 is 0 Å². The topological polar surface area (TPSA) is 57.3 Å². The molecule has 0 saturated carbocycles. The van der Waals surface area contributed by atoms with Crippen LogP contribution < -0.4 is 15.5 Å². The number of hydrogen-bond acceptors (Lipinski definition) is 3. The Bertz CT molecular complexity index is 699. The number of aromatic nitrogens is 1. The lowest BCUT2D eigenvalue weighted by atomic mass is 10.1. The fourth-order valence-electron chi connectivity index (χ4n) is 2.87. The molecule has 24 heavy (non-hydrogen) atoms. The Labute approximate surface area is 147 Å². The predicted octanol–water partition coefficient (Wildman–Crippen LogP) is 3.83. The lowest BCUT2D eigenvalue weighted by molar-refractivity contribution is 0.246. The largest absolute Gasteiger partial charge is 0.356 e. The van der Waals surface area contributed by atoms with Crippen molar-refractivity contribution in [3.8, 4) is 0 Å². The molecule has 1 saturated heterocycles. The molecule has 2 amide bonds. The Morgan fingerprint density at radius 1 is 1.25 bits per heavy atom. The highest BCUT2D eigenvalue weighted by Gasteiger charge is 2.21. The second-order valence-electron chi connectivity index (χ2n) is 6.01. The predicted molar refractivity (Wildman–Crippen MR) is 97.8 cm³/mol. The van der Waals surface area contributed by atoms with Gasteiger partial charge in [0.25, 0.3) is 0 Å². The van der Waals surface area contributed by atoms with Gasteiger partial charge in [-0.15, -0.1) is 0 Å². The van der Waals surface area contributed by atoms with Crippen molar-refractivity contribution < 1.29 is 4.79 Å². The lowest BCUT2D eigenvalue weighted by Gasteiger charge is -2.33. The minimum Gasteiger partial charge on any atom is -0.356 e. The number of halogens is 1. The summed E-state index contributed by atoms with van der Waals surface area (Å²) in [5.41, 5.74) is 1.73. The van der Waals surface area contributed by atoms with Gasteiger partial charge in [0, 0.05) is 36.0 Å². The summed E-state index contributed by atoms with van der Waals surface area (Å²) in [5.74, 6) is 0.995. The molecule has 1 aliphatic rings. The van der Waals surface area contributed by atoms with Crippen molar-refractivity contribution in [2.45, 2.75) is 25.8 Å². The number of rotatable bonds is 3. The molecule has 2 aromatic rings. The first-order chi connectivity index (χ1) is 11.6. The zero-order valence-electron chi connectivity index (χ0n) is 13.6. The minimum absolute atomic E-state index is 0.171. The van der Waals surface area contributed by atoms with Crippen LogP contribution in [0.3, 0.4) is 0 Å². The first kappa shape index (κ1) is 16.6. The Hall–Kier alpha value is -2.27. The van der Waals surface area contributed by atoms with Crippen molar-refractivity contribution in [1.82, 2.24) is 10.3 Å². The van der Waals surface area contributed by atoms with Crippen molar-refractivity contribution in [1.29, 1.82) is 0 Å². The maximum absolute atomic E-state index is 12.2. The lowest BCUT2D eigenvalue weighted by Crippen LogP contribution is -2.46. The third-order valence-electron chi connectivity index (χ3n) is 4.25. The summed E-state index contributed by atoms with van der Waals surface area (Å²) in [7, 11) is 0. The van der Waals surface area contributed by atoms with Gasteiger partial charge >= 0.3 is 6.03 Å². The van der Waals surface area contributed by atoms with Crippen LogP contribution in [0.15, 0.2) is 42.6 Å². The maximum atomic E-state index is 12.2. The monoisotopic (exact) mass is 344 g/mol. The van der Waals surface area contributed by atoms with E-state index in [9.17, 15) is 4.79 Å². The second kappa shape index (κ2) is 7.53. The summed E-state index contributed by atoms with van der Waals surface area (Å²) in [6.45, 7) is 3.72. The number of urea groups is 1. The molecule has 0 atom stereocenters. The van der Waals surface area contributed by atoms with E-state index in [1.54, 1.807) is 12.3 Å². The Balaban J connectivity index is 1.51. The average molecular weight is 345 g/mol. The van der Waals surface area contributed by atoms with Crippen LogP contribution >= 0.6 is 11.6 Å². The number of carbonyl (C=O) groups excluding carboxylic acids is 1. The quantitative estimate of drug-likeness (QED) is 0.889. The molecule has 3 rings (SSSR count). The van der Waals surface area contributed by atoms with Gasteiger partial charge in [0.1, 0.15) is 5.82 Å². The average Bonchev–Trinajstić information content (AvgIpc) is 2.59. The van der Waals surface area contributed by atoms with Crippen molar-refractivity contribution in [3.63, 3.8) is 0 Å². The van der Waals surface area contributed by atoms with Gasteiger partial charge in [-0.25, -0.2) is 9.78 Å². The fourth-order valence-corrected chi connectivity index (χ4v) is 3.04. The van der Waals surface area contributed by atoms with Crippen LogP contribution in [-0.2, 0) is 0 Å². The summed E-state index contributed by atoms with van der Waals surface area (Å²) in [5, 5.41) is 6.54. The Kier molecular flexibility index (Phi) is 5.20. The molecule has 1 aromatic heterocycles. The normalized spacial score (nSPS) is 15.2. The first-order valence-electron chi connectivity index (χ1n) is 8.11. The number of piperidine rings is 1. The Morgan fingerprint density at radius 3 is 2.75 bits per heavy atom. The number of nitrogens with zero attached hydrogens (tertiary/aromatic N) is 2. The number of anilines is 2.